The molecule has 3 heterocycles. The van der Waals surface area contributed by atoms with Crippen LogP contribution >= 0.6 is 33.9 Å². The summed E-state index contributed by atoms with van der Waals surface area (Å²) in [5, 5.41) is 1.01. The van der Waals surface area contributed by atoms with Gasteiger partial charge < -0.3 is 4.90 Å². The largest absolute Gasteiger partial charge is 0.333 e. The van der Waals surface area contributed by atoms with E-state index in [9.17, 15) is 0 Å². The minimum Gasteiger partial charge on any atom is -0.333 e. The number of hydrogen-bond acceptors (Lipinski definition) is 5. The van der Waals surface area contributed by atoms with Crippen molar-refractivity contribution in [1.82, 2.24) is 4.98 Å². The molecule has 1 aromatic heterocycles. The highest BCUT2D eigenvalue weighted by Gasteiger charge is 2.38. The molecule has 1 aliphatic carbocycles. The lowest BCUT2D eigenvalue weighted by molar-refractivity contribution is 0.691. The first-order valence-corrected chi connectivity index (χ1v) is 21.9. The average Bonchev–Trinajstić information content (AvgIpc) is 3.94. The fraction of sp³-hybridized carbons (Fsp3) is 0.220. The van der Waals surface area contributed by atoms with Gasteiger partial charge in [-0.15, -0.1) is 11.3 Å². The number of allylic oxidation sites excluding steroid dienone is 8. The Hall–Kier alpha value is -4.92. The molecule has 4 aromatic carbocycles. The maximum Gasteiger partial charge on any atom is 0.124 e. The minimum atomic E-state index is 0.215. The van der Waals surface area contributed by atoms with E-state index in [1.165, 1.54) is 39.2 Å². The third-order valence-electron chi connectivity index (χ3n) is 11.3. The molecule has 0 spiro atoms. The van der Waals surface area contributed by atoms with E-state index in [4.69, 9.17) is 15.0 Å². The van der Waals surface area contributed by atoms with Gasteiger partial charge in [0, 0.05) is 45.0 Å². The Balaban J connectivity index is 1.03. The van der Waals surface area contributed by atoms with Crippen molar-refractivity contribution in [3.8, 4) is 0 Å². The Bertz CT molecular complexity index is 2530. The zero-order chi connectivity index (χ0) is 38.8. The first-order valence-electron chi connectivity index (χ1n) is 19.6. The summed E-state index contributed by atoms with van der Waals surface area (Å²) in [5.74, 6) is 0.681. The number of fused-ring (bicyclic) bond motifs is 5. The molecule has 0 N–H and O–H groups in total. The standard InChI is InChI=1S/C50H47IN4S/c1-6-36(50-54-44-24-21-39(30-49(44)56-50)35(5)52-34(4)32(2)15-9-8-14-26-51)27-33(3)38-22-25-48-43(28-38)42-18-12-13-19-47(42)55(48)41-23-20-40-29-45(53-46(40)31-41)37-16-10-7-11-17-37/h6-8,10-14,16-25,27-28,30-32,42,47H,5,9,15,26,29H2,1-4H3/b14-8-,33-27+,36-6+,52-34+. The quantitative estimate of drug-likeness (QED) is 0.0412. The number of nitrogens with zero attached hydrogens (tertiary/aromatic N) is 4. The monoisotopic (exact) mass is 862 g/mol. The van der Waals surface area contributed by atoms with E-state index in [0.717, 1.165) is 72.9 Å². The Labute approximate surface area is 349 Å². The summed E-state index contributed by atoms with van der Waals surface area (Å²) >= 11 is 4.10. The number of hydrogen-bond donors (Lipinski definition) is 0. The van der Waals surface area contributed by atoms with Crippen LogP contribution in [0.2, 0.25) is 0 Å². The van der Waals surface area contributed by atoms with Gasteiger partial charge in [-0.25, -0.2) is 4.98 Å². The van der Waals surface area contributed by atoms with Crippen LogP contribution in [-0.4, -0.2) is 26.9 Å². The molecule has 3 aliphatic rings. The SMILES string of the molecule is C=C(/N=C(\C)C(C)CC/C=C\CI)c1ccc2nc(C(/C=C(\C)c3ccc4c(c3)C3C=CC=CC3N4c3ccc4c(c3)N=C(c3ccccc3)C4)=C/C)sc2c1. The van der Waals surface area contributed by atoms with Crippen LogP contribution in [0.1, 0.15) is 79.3 Å². The van der Waals surface area contributed by atoms with Crippen LogP contribution in [-0.2, 0) is 6.42 Å². The Morgan fingerprint density at radius 1 is 0.982 bits per heavy atom. The summed E-state index contributed by atoms with van der Waals surface area (Å²) in [5.41, 5.74) is 16.0. The van der Waals surface area contributed by atoms with Crippen molar-refractivity contribution >= 4 is 89.5 Å². The van der Waals surface area contributed by atoms with Crippen LogP contribution in [0.25, 0.3) is 27.1 Å². The lowest BCUT2D eigenvalue weighted by Gasteiger charge is -2.29. The number of aliphatic imine (C=N–C) groups is 2. The van der Waals surface area contributed by atoms with Gasteiger partial charge in [-0.3, -0.25) is 9.98 Å². The van der Waals surface area contributed by atoms with E-state index in [1.807, 2.05) is 0 Å². The number of thiazole rings is 1. The summed E-state index contributed by atoms with van der Waals surface area (Å²) in [6.45, 7) is 13.0. The molecule has 6 heteroatoms. The van der Waals surface area contributed by atoms with Gasteiger partial charge in [0.15, 0.2) is 0 Å². The van der Waals surface area contributed by atoms with Crippen LogP contribution in [0, 0.1) is 5.92 Å². The van der Waals surface area contributed by atoms with Crippen LogP contribution < -0.4 is 4.90 Å². The molecular formula is C50H47IN4S. The van der Waals surface area contributed by atoms with Gasteiger partial charge in [-0.1, -0.05) is 127 Å². The summed E-state index contributed by atoms with van der Waals surface area (Å²) in [6, 6.07) is 31.0. The highest BCUT2D eigenvalue weighted by atomic mass is 127. The second-order valence-electron chi connectivity index (χ2n) is 14.9. The second-order valence-corrected chi connectivity index (χ2v) is 16.8. The molecule has 0 amide bonds. The van der Waals surface area contributed by atoms with E-state index < -0.39 is 0 Å². The maximum atomic E-state index is 5.10. The predicted molar refractivity (Wildman–Crippen MR) is 252 cm³/mol. The topological polar surface area (TPSA) is 40.9 Å². The van der Waals surface area contributed by atoms with Crippen molar-refractivity contribution in [3.05, 3.63) is 173 Å². The highest BCUT2D eigenvalue weighted by Crippen LogP contribution is 2.49. The number of alkyl halides is 1. The van der Waals surface area contributed by atoms with Gasteiger partial charge in [0.1, 0.15) is 5.01 Å². The molecule has 8 rings (SSSR count). The Morgan fingerprint density at radius 3 is 2.62 bits per heavy atom. The third-order valence-corrected chi connectivity index (χ3v) is 12.8. The van der Waals surface area contributed by atoms with Crippen molar-refractivity contribution in [2.45, 2.75) is 58.9 Å². The van der Waals surface area contributed by atoms with Gasteiger partial charge >= 0.3 is 0 Å². The minimum absolute atomic E-state index is 0.215. The first-order chi connectivity index (χ1) is 27.3. The Morgan fingerprint density at radius 2 is 1.80 bits per heavy atom. The normalized spacial score (nSPS) is 18.4. The van der Waals surface area contributed by atoms with Crippen LogP contribution in [0.5, 0.6) is 0 Å². The summed E-state index contributed by atoms with van der Waals surface area (Å²) in [6.07, 6.45) is 21.0. The number of rotatable bonds is 12. The molecule has 56 heavy (non-hydrogen) atoms. The van der Waals surface area contributed by atoms with Crippen LogP contribution in [0.3, 0.4) is 0 Å². The Kier molecular flexibility index (Phi) is 11.3. The van der Waals surface area contributed by atoms with E-state index in [2.05, 4.69) is 195 Å². The van der Waals surface area contributed by atoms with E-state index in [-0.39, 0.29) is 12.0 Å². The second kappa shape index (κ2) is 16.7. The molecule has 0 saturated heterocycles. The van der Waals surface area contributed by atoms with E-state index >= 15 is 0 Å². The summed E-state index contributed by atoms with van der Waals surface area (Å²) in [7, 11) is 0. The zero-order valence-corrected chi connectivity index (χ0v) is 35.5. The summed E-state index contributed by atoms with van der Waals surface area (Å²) < 4.78 is 2.20. The molecule has 5 aromatic rings. The van der Waals surface area contributed by atoms with Crippen molar-refractivity contribution in [2.75, 3.05) is 9.33 Å². The maximum absolute atomic E-state index is 5.10. The van der Waals surface area contributed by atoms with Crippen molar-refractivity contribution < 1.29 is 0 Å². The number of aromatic nitrogens is 1. The van der Waals surface area contributed by atoms with Crippen molar-refractivity contribution in [2.24, 2.45) is 15.9 Å². The molecule has 3 unspecified atom stereocenters. The lowest BCUT2D eigenvalue weighted by atomic mass is 9.89. The molecule has 280 valence electrons. The van der Waals surface area contributed by atoms with Gasteiger partial charge in [-0.05, 0) is 110 Å². The molecule has 2 aliphatic heterocycles. The molecule has 0 bridgehead atoms. The fourth-order valence-corrected chi connectivity index (χ4v) is 9.35. The first kappa shape index (κ1) is 38.0. The molecule has 0 fully saturated rings. The molecule has 4 nitrogen and oxygen atoms in total. The number of anilines is 2. The van der Waals surface area contributed by atoms with Crippen LogP contribution in [0.4, 0.5) is 17.1 Å². The smallest absolute Gasteiger partial charge is 0.124 e. The molecule has 3 atom stereocenters. The van der Waals surface area contributed by atoms with Gasteiger partial charge in [0.05, 0.1) is 33.4 Å². The van der Waals surface area contributed by atoms with E-state index in [0.29, 0.717) is 5.92 Å². The van der Waals surface area contributed by atoms with Gasteiger partial charge in [0.2, 0.25) is 0 Å². The molecule has 0 saturated carbocycles. The van der Waals surface area contributed by atoms with Crippen molar-refractivity contribution in [3.63, 3.8) is 0 Å². The number of halogens is 1. The highest BCUT2D eigenvalue weighted by molar-refractivity contribution is 14.1. The predicted octanol–water partition coefficient (Wildman–Crippen LogP) is 14.0. The van der Waals surface area contributed by atoms with Crippen molar-refractivity contribution in [1.29, 1.82) is 0 Å². The molecular weight excluding hydrogens is 816 g/mol. The molecule has 0 radical (unpaired) electrons. The third kappa shape index (κ3) is 7.74. The van der Waals surface area contributed by atoms with Gasteiger partial charge in [-0.2, -0.15) is 0 Å². The fourth-order valence-electron chi connectivity index (χ4n) is 7.94. The van der Waals surface area contributed by atoms with E-state index in [1.54, 1.807) is 11.3 Å². The average molecular weight is 863 g/mol. The number of benzene rings is 4. The van der Waals surface area contributed by atoms with Gasteiger partial charge in [0.25, 0.3) is 0 Å². The lowest BCUT2D eigenvalue weighted by Crippen LogP contribution is -2.28. The zero-order valence-electron chi connectivity index (χ0n) is 32.5. The summed E-state index contributed by atoms with van der Waals surface area (Å²) in [4.78, 5) is 17.6. The van der Waals surface area contributed by atoms with Crippen LogP contribution in [0.15, 0.2) is 150 Å².